The second-order valence-corrected chi connectivity index (χ2v) is 7.08. The lowest BCUT2D eigenvalue weighted by Crippen LogP contribution is -2.22. The lowest BCUT2D eigenvalue weighted by Gasteiger charge is -2.12. The van der Waals surface area contributed by atoms with Crippen molar-refractivity contribution < 1.29 is 14.3 Å². The molecule has 29 heavy (non-hydrogen) atoms. The van der Waals surface area contributed by atoms with E-state index in [-0.39, 0.29) is 18.4 Å². The van der Waals surface area contributed by atoms with E-state index in [9.17, 15) is 9.59 Å². The summed E-state index contributed by atoms with van der Waals surface area (Å²) in [4.78, 5) is 24.0. The van der Waals surface area contributed by atoms with Gasteiger partial charge in [-0.05, 0) is 49.2 Å². The number of hydrogen-bond acceptors (Lipinski definition) is 4. The van der Waals surface area contributed by atoms with E-state index in [1.54, 1.807) is 36.4 Å². The molecule has 0 radical (unpaired) electrons. The zero-order valence-electron chi connectivity index (χ0n) is 16.7. The first-order valence-electron chi connectivity index (χ1n) is 9.37. The molecule has 2 amide bonds. The third kappa shape index (κ3) is 7.87. The number of nitrogens with one attached hydrogen (secondary N) is 3. The molecule has 7 heteroatoms. The molecular formula is C22H26ClN3O3. The first-order valence-corrected chi connectivity index (χ1v) is 9.75. The first kappa shape index (κ1) is 22.3. The van der Waals surface area contributed by atoms with Crippen LogP contribution in [0.15, 0.2) is 54.6 Å². The highest BCUT2D eigenvalue weighted by Gasteiger charge is 2.08. The van der Waals surface area contributed by atoms with Crippen molar-refractivity contribution in [3.63, 3.8) is 0 Å². The molecule has 0 fully saturated rings. The first-order chi connectivity index (χ1) is 13.9. The number of benzene rings is 2. The molecule has 154 valence electrons. The maximum absolute atomic E-state index is 12.3. The van der Waals surface area contributed by atoms with Gasteiger partial charge in [-0.25, -0.2) is 0 Å². The van der Waals surface area contributed by atoms with Crippen LogP contribution in [0.4, 0.5) is 17.1 Å². The number of hydrogen-bond donors (Lipinski definition) is 3. The maximum Gasteiger partial charge on any atom is 0.243 e. The van der Waals surface area contributed by atoms with Crippen molar-refractivity contribution in [1.82, 2.24) is 0 Å². The zero-order valence-corrected chi connectivity index (χ0v) is 17.4. The SMILES string of the molecule is C=C(C)COc1cccc(NC(=O)CNc2cc(NC(=O)CCC)ccc2Cl)c1. The van der Waals surface area contributed by atoms with Crippen molar-refractivity contribution >= 4 is 40.5 Å². The summed E-state index contributed by atoms with van der Waals surface area (Å²) in [6.45, 7) is 8.05. The van der Waals surface area contributed by atoms with Crippen LogP contribution < -0.4 is 20.7 Å². The maximum atomic E-state index is 12.3. The lowest BCUT2D eigenvalue weighted by atomic mass is 10.2. The minimum absolute atomic E-state index is 0.0168. The van der Waals surface area contributed by atoms with E-state index in [1.165, 1.54) is 0 Å². The number of ether oxygens (including phenoxy) is 1. The summed E-state index contributed by atoms with van der Waals surface area (Å²) in [5, 5.41) is 9.07. The molecule has 2 aromatic rings. The van der Waals surface area contributed by atoms with Crippen molar-refractivity contribution in [2.45, 2.75) is 26.7 Å². The van der Waals surface area contributed by atoms with Gasteiger partial charge in [0.1, 0.15) is 12.4 Å². The molecule has 2 rings (SSSR count). The van der Waals surface area contributed by atoms with Crippen LogP contribution in [-0.2, 0) is 9.59 Å². The minimum atomic E-state index is -0.237. The van der Waals surface area contributed by atoms with E-state index in [0.29, 0.717) is 40.9 Å². The van der Waals surface area contributed by atoms with E-state index in [4.69, 9.17) is 16.3 Å². The predicted octanol–water partition coefficient (Wildman–Crippen LogP) is 5.08. The number of carbonyl (C=O) groups excluding carboxylic acids is 2. The topological polar surface area (TPSA) is 79.5 Å². The second-order valence-electron chi connectivity index (χ2n) is 6.67. The molecule has 0 atom stereocenters. The quantitative estimate of drug-likeness (QED) is 0.472. The van der Waals surface area contributed by atoms with Crippen LogP contribution in [0.5, 0.6) is 5.75 Å². The van der Waals surface area contributed by atoms with Crippen molar-refractivity contribution in [2.24, 2.45) is 0 Å². The summed E-state index contributed by atoms with van der Waals surface area (Å²) in [6.07, 6.45) is 1.22. The second kappa shape index (κ2) is 11.1. The van der Waals surface area contributed by atoms with E-state index >= 15 is 0 Å². The average molecular weight is 416 g/mol. The fourth-order valence-electron chi connectivity index (χ4n) is 2.44. The van der Waals surface area contributed by atoms with Crippen molar-refractivity contribution in [1.29, 1.82) is 0 Å². The van der Waals surface area contributed by atoms with Crippen molar-refractivity contribution in [3.8, 4) is 5.75 Å². The van der Waals surface area contributed by atoms with Crippen LogP contribution in [0, 0.1) is 0 Å². The van der Waals surface area contributed by atoms with Gasteiger partial charge >= 0.3 is 0 Å². The summed E-state index contributed by atoms with van der Waals surface area (Å²) in [5.74, 6) is 0.350. The Bertz CT molecular complexity index is 883. The Morgan fingerprint density at radius 2 is 1.79 bits per heavy atom. The number of rotatable bonds is 10. The third-order valence-corrected chi connectivity index (χ3v) is 4.10. The summed E-state index contributed by atoms with van der Waals surface area (Å²) in [6, 6.07) is 12.2. The molecular weight excluding hydrogens is 390 g/mol. The lowest BCUT2D eigenvalue weighted by molar-refractivity contribution is -0.116. The van der Waals surface area contributed by atoms with Crippen LogP contribution >= 0.6 is 11.6 Å². The highest BCUT2D eigenvalue weighted by Crippen LogP contribution is 2.25. The molecule has 0 bridgehead atoms. The van der Waals surface area contributed by atoms with Gasteiger partial charge < -0.3 is 20.7 Å². The van der Waals surface area contributed by atoms with E-state index in [1.807, 2.05) is 19.9 Å². The molecule has 3 N–H and O–H groups in total. The molecule has 0 spiro atoms. The highest BCUT2D eigenvalue weighted by atomic mass is 35.5. The third-order valence-electron chi connectivity index (χ3n) is 3.77. The summed E-state index contributed by atoms with van der Waals surface area (Å²) >= 11 is 6.19. The Kier molecular flexibility index (Phi) is 8.55. The van der Waals surface area contributed by atoms with Crippen molar-refractivity contribution in [3.05, 3.63) is 59.6 Å². The monoisotopic (exact) mass is 415 g/mol. The largest absolute Gasteiger partial charge is 0.489 e. The molecule has 0 saturated carbocycles. The molecule has 0 saturated heterocycles. The molecule has 6 nitrogen and oxygen atoms in total. The Labute approximate surface area is 176 Å². The summed E-state index contributed by atoms with van der Waals surface area (Å²) < 4.78 is 5.58. The molecule has 0 aliphatic rings. The van der Waals surface area contributed by atoms with E-state index in [0.717, 1.165) is 12.0 Å². The summed E-state index contributed by atoms with van der Waals surface area (Å²) in [5.41, 5.74) is 2.73. The van der Waals surface area contributed by atoms with E-state index in [2.05, 4.69) is 22.5 Å². The number of amides is 2. The van der Waals surface area contributed by atoms with Gasteiger partial charge in [-0.1, -0.05) is 31.2 Å². The number of anilines is 3. The molecule has 0 aromatic heterocycles. The van der Waals surface area contributed by atoms with E-state index < -0.39 is 0 Å². The highest BCUT2D eigenvalue weighted by molar-refractivity contribution is 6.33. The number of carbonyl (C=O) groups is 2. The van der Waals surface area contributed by atoms with Gasteiger partial charge in [0.25, 0.3) is 0 Å². The van der Waals surface area contributed by atoms with Gasteiger partial charge in [0.2, 0.25) is 11.8 Å². The van der Waals surface area contributed by atoms with Gasteiger partial charge in [-0.2, -0.15) is 0 Å². The zero-order chi connectivity index (χ0) is 21.2. The van der Waals surface area contributed by atoms with Crippen LogP contribution in [0.25, 0.3) is 0 Å². The Balaban J connectivity index is 1.92. The molecule has 2 aromatic carbocycles. The van der Waals surface area contributed by atoms with Crippen LogP contribution in [-0.4, -0.2) is 25.0 Å². The van der Waals surface area contributed by atoms with Gasteiger partial charge in [0.05, 0.1) is 17.3 Å². The van der Waals surface area contributed by atoms with Gasteiger partial charge in [-0.3, -0.25) is 9.59 Å². The standard InChI is InChI=1S/C22H26ClN3O3/c1-4-6-21(27)25-17-9-10-19(23)20(12-17)24-13-22(28)26-16-7-5-8-18(11-16)29-14-15(2)3/h5,7-12,24H,2,4,6,13-14H2,1,3H3,(H,25,27)(H,26,28). The van der Waals surface area contributed by atoms with Gasteiger partial charge in [0.15, 0.2) is 0 Å². The Morgan fingerprint density at radius 3 is 2.52 bits per heavy atom. The Morgan fingerprint density at radius 1 is 1.07 bits per heavy atom. The fraction of sp³-hybridized carbons (Fsp3) is 0.273. The van der Waals surface area contributed by atoms with Crippen molar-refractivity contribution in [2.75, 3.05) is 29.1 Å². The Hall–Kier alpha value is -2.99. The van der Waals surface area contributed by atoms with Gasteiger partial charge in [-0.15, -0.1) is 0 Å². The van der Waals surface area contributed by atoms with Gasteiger partial charge in [0, 0.05) is 23.9 Å². The minimum Gasteiger partial charge on any atom is -0.489 e. The predicted molar refractivity (Wildman–Crippen MR) is 119 cm³/mol. The molecule has 0 heterocycles. The average Bonchev–Trinajstić information content (AvgIpc) is 2.67. The molecule has 0 unspecified atom stereocenters. The van der Waals surface area contributed by atoms with Crippen LogP contribution in [0.1, 0.15) is 26.7 Å². The number of halogens is 1. The fourth-order valence-corrected chi connectivity index (χ4v) is 2.62. The normalized spacial score (nSPS) is 10.2. The van der Waals surface area contributed by atoms with Crippen LogP contribution in [0.3, 0.4) is 0 Å². The van der Waals surface area contributed by atoms with Crippen LogP contribution in [0.2, 0.25) is 5.02 Å². The molecule has 0 aliphatic carbocycles. The smallest absolute Gasteiger partial charge is 0.243 e. The summed E-state index contributed by atoms with van der Waals surface area (Å²) in [7, 11) is 0. The molecule has 0 aliphatic heterocycles.